The van der Waals surface area contributed by atoms with Gasteiger partial charge in [0.2, 0.25) is 0 Å². The van der Waals surface area contributed by atoms with Gasteiger partial charge in [-0.2, -0.15) is 0 Å². The lowest BCUT2D eigenvalue weighted by Gasteiger charge is -2.29. The van der Waals surface area contributed by atoms with Crippen LogP contribution in [0.25, 0.3) is 0 Å². The first-order valence-electron chi connectivity index (χ1n) is 7.58. The molecule has 1 aromatic carbocycles. The van der Waals surface area contributed by atoms with Crippen molar-refractivity contribution >= 4 is 0 Å². The smallest absolute Gasteiger partial charge is 0.129 e. The number of likely N-dealkylation sites (tertiary alicyclic amines) is 1. The zero-order chi connectivity index (χ0) is 15.2. The molecule has 0 aliphatic carbocycles. The van der Waals surface area contributed by atoms with E-state index in [1.165, 1.54) is 12.8 Å². The summed E-state index contributed by atoms with van der Waals surface area (Å²) in [4.78, 5) is 2.33. The maximum atomic E-state index is 13.5. The molecule has 118 valence electrons. The average Bonchev–Trinajstić information content (AvgIpc) is 2.47. The number of nitrogens with zero attached hydrogens (tertiary/aromatic N) is 1. The van der Waals surface area contributed by atoms with Crippen LogP contribution in [0, 0.1) is 17.6 Å². The van der Waals surface area contributed by atoms with Gasteiger partial charge in [-0.3, -0.25) is 0 Å². The Hall–Kier alpha value is -1.04. The summed E-state index contributed by atoms with van der Waals surface area (Å²) in [6.07, 6.45) is 2.46. The predicted octanol–water partition coefficient (Wildman–Crippen LogP) is 2.32. The average molecular weight is 298 g/mol. The summed E-state index contributed by atoms with van der Waals surface area (Å²) in [7, 11) is 2.14. The van der Waals surface area contributed by atoms with Crippen molar-refractivity contribution in [2.45, 2.75) is 25.4 Å². The lowest BCUT2D eigenvalue weighted by Crippen LogP contribution is -2.32. The van der Waals surface area contributed by atoms with Gasteiger partial charge in [0, 0.05) is 12.1 Å². The van der Waals surface area contributed by atoms with Crippen LogP contribution in [0.15, 0.2) is 18.2 Å². The number of benzene rings is 1. The number of rotatable bonds is 6. The number of nitrogens with one attached hydrogen (secondary N) is 1. The molecule has 0 saturated carbocycles. The van der Waals surface area contributed by atoms with E-state index in [1.54, 1.807) is 0 Å². The monoisotopic (exact) mass is 298 g/mol. The van der Waals surface area contributed by atoms with Crippen molar-refractivity contribution in [3.05, 3.63) is 35.4 Å². The molecule has 0 aromatic heterocycles. The maximum Gasteiger partial charge on any atom is 0.129 e. The van der Waals surface area contributed by atoms with Crippen molar-refractivity contribution in [2.24, 2.45) is 5.92 Å². The highest BCUT2D eigenvalue weighted by molar-refractivity contribution is 5.21. The third-order valence-corrected chi connectivity index (χ3v) is 4.22. The molecule has 0 spiro atoms. The van der Waals surface area contributed by atoms with Gasteiger partial charge in [-0.15, -0.1) is 0 Å². The number of hydrogen-bond donors (Lipinski definition) is 2. The predicted molar refractivity (Wildman–Crippen MR) is 79.0 cm³/mol. The van der Waals surface area contributed by atoms with Crippen LogP contribution >= 0.6 is 0 Å². The maximum absolute atomic E-state index is 13.5. The third kappa shape index (κ3) is 5.02. The number of halogens is 2. The largest absolute Gasteiger partial charge is 0.387 e. The van der Waals surface area contributed by atoms with E-state index in [9.17, 15) is 13.9 Å². The second-order valence-corrected chi connectivity index (χ2v) is 5.92. The summed E-state index contributed by atoms with van der Waals surface area (Å²) < 4.78 is 26.6. The summed E-state index contributed by atoms with van der Waals surface area (Å²) in [6, 6.07) is 3.16. The van der Waals surface area contributed by atoms with Crippen LogP contribution in [0.3, 0.4) is 0 Å². The Kier molecular flexibility index (Phi) is 6.08. The summed E-state index contributed by atoms with van der Waals surface area (Å²) >= 11 is 0. The third-order valence-electron chi connectivity index (χ3n) is 4.22. The van der Waals surface area contributed by atoms with Crippen molar-refractivity contribution in [1.29, 1.82) is 0 Å². The van der Waals surface area contributed by atoms with Crippen LogP contribution < -0.4 is 5.32 Å². The zero-order valence-electron chi connectivity index (χ0n) is 12.5. The fraction of sp³-hybridized carbons (Fsp3) is 0.625. The van der Waals surface area contributed by atoms with Gasteiger partial charge in [0.25, 0.3) is 0 Å². The molecule has 0 radical (unpaired) electrons. The van der Waals surface area contributed by atoms with Crippen LogP contribution in [-0.4, -0.2) is 43.2 Å². The van der Waals surface area contributed by atoms with E-state index in [2.05, 4.69) is 17.3 Å². The number of aliphatic hydroxyl groups is 1. The van der Waals surface area contributed by atoms with Crippen molar-refractivity contribution in [2.75, 3.05) is 33.2 Å². The van der Waals surface area contributed by atoms with E-state index in [1.807, 2.05) is 0 Å². The molecule has 2 rings (SSSR count). The Morgan fingerprint density at radius 2 is 2.05 bits per heavy atom. The van der Waals surface area contributed by atoms with Crippen LogP contribution in [0.5, 0.6) is 0 Å². The van der Waals surface area contributed by atoms with Gasteiger partial charge < -0.3 is 15.3 Å². The molecule has 1 saturated heterocycles. The topological polar surface area (TPSA) is 35.5 Å². The minimum Gasteiger partial charge on any atom is -0.387 e. The highest BCUT2D eigenvalue weighted by Crippen LogP contribution is 2.20. The van der Waals surface area contributed by atoms with Crippen LogP contribution in [0.2, 0.25) is 0 Å². The van der Waals surface area contributed by atoms with E-state index < -0.39 is 17.7 Å². The highest BCUT2D eigenvalue weighted by Gasteiger charge is 2.17. The molecule has 1 aliphatic rings. The molecule has 1 aromatic rings. The Labute approximate surface area is 125 Å². The molecule has 1 unspecified atom stereocenters. The van der Waals surface area contributed by atoms with Gasteiger partial charge in [-0.1, -0.05) is 0 Å². The van der Waals surface area contributed by atoms with Gasteiger partial charge in [-0.05, 0) is 70.1 Å². The molecule has 3 nitrogen and oxygen atoms in total. The summed E-state index contributed by atoms with van der Waals surface area (Å²) in [5.41, 5.74) is 0.0155. The van der Waals surface area contributed by atoms with E-state index in [0.717, 1.165) is 50.2 Å². The number of hydrogen-bond acceptors (Lipinski definition) is 3. The summed E-state index contributed by atoms with van der Waals surface area (Å²) in [6.45, 7) is 3.32. The molecule has 0 amide bonds. The molecule has 1 aliphatic heterocycles. The fourth-order valence-electron chi connectivity index (χ4n) is 2.78. The molecular weight excluding hydrogens is 274 g/mol. The van der Waals surface area contributed by atoms with Gasteiger partial charge in [0.05, 0.1) is 6.10 Å². The standard InChI is InChI=1S/C16H24F2N2O/c1-20-8-5-12(6-9-20)4-7-19-11-16(21)14-10-13(17)2-3-15(14)18/h2-3,10,12,16,19,21H,4-9,11H2,1H3. The Bertz CT molecular complexity index is 448. The van der Waals surface area contributed by atoms with Crippen molar-refractivity contribution in [1.82, 2.24) is 10.2 Å². The highest BCUT2D eigenvalue weighted by atomic mass is 19.1. The lowest BCUT2D eigenvalue weighted by molar-refractivity contribution is 0.166. The van der Waals surface area contributed by atoms with Gasteiger partial charge in [0.1, 0.15) is 11.6 Å². The van der Waals surface area contributed by atoms with Crippen LogP contribution in [-0.2, 0) is 0 Å². The number of piperidine rings is 1. The Morgan fingerprint density at radius 3 is 2.76 bits per heavy atom. The number of aliphatic hydroxyl groups excluding tert-OH is 1. The van der Waals surface area contributed by atoms with Crippen molar-refractivity contribution < 1.29 is 13.9 Å². The molecular formula is C16H24F2N2O. The van der Waals surface area contributed by atoms with Crippen LogP contribution in [0.1, 0.15) is 30.9 Å². The van der Waals surface area contributed by atoms with Gasteiger partial charge in [0.15, 0.2) is 0 Å². The lowest BCUT2D eigenvalue weighted by atomic mass is 9.94. The van der Waals surface area contributed by atoms with E-state index >= 15 is 0 Å². The van der Waals surface area contributed by atoms with Crippen LogP contribution in [0.4, 0.5) is 8.78 Å². The molecule has 0 bridgehead atoms. The fourth-order valence-corrected chi connectivity index (χ4v) is 2.78. The second-order valence-electron chi connectivity index (χ2n) is 5.92. The first-order chi connectivity index (χ1) is 10.1. The molecule has 2 N–H and O–H groups in total. The molecule has 1 fully saturated rings. The zero-order valence-corrected chi connectivity index (χ0v) is 12.5. The quantitative estimate of drug-likeness (QED) is 0.791. The Morgan fingerprint density at radius 1 is 1.33 bits per heavy atom. The minimum atomic E-state index is -1.02. The van der Waals surface area contributed by atoms with Crippen molar-refractivity contribution in [3.63, 3.8) is 0 Å². The summed E-state index contributed by atoms with van der Waals surface area (Å²) in [5, 5.41) is 13.1. The minimum absolute atomic E-state index is 0.0155. The van der Waals surface area contributed by atoms with Crippen molar-refractivity contribution in [3.8, 4) is 0 Å². The van der Waals surface area contributed by atoms with E-state index in [4.69, 9.17) is 0 Å². The van der Waals surface area contributed by atoms with E-state index in [0.29, 0.717) is 0 Å². The molecule has 1 atom stereocenters. The second kappa shape index (κ2) is 7.82. The first kappa shape index (κ1) is 16.3. The molecule has 5 heteroatoms. The normalized spacial score (nSPS) is 18.9. The first-order valence-corrected chi connectivity index (χ1v) is 7.58. The van der Waals surface area contributed by atoms with E-state index in [-0.39, 0.29) is 12.1 Å². The molecule has 21 heavy (non-hydrogen) atoms. The SMILES string of the molecule is CN1CCC(CCNCC(O)c2cc(F)ccc2F)CC1. The van der Waals surface area contributed by atoms with Gasteiger partial charge in [-0.25, -0.2) is 8.78 Å². The Balaban J connectivity index is 1.69. The summed E-state index contributed by atoms with van der Waals surface area (Å²) in [5.74, 6) is -0.380. The molecule has 1 heterocycles. The van der Waals surface area contributed by atoms with Gasteiger partial charge >= 0.3 is 0 Å².